The van der Waals surface area contributed by atoms with E-state index in [2.05, 4.69) is 10.3 Å². The molecule has 0 saturated heterocycles. The number of para-hydroxylation sites is 1. The molecule has 0 aliphatic carbocycles. The quantitative estimate of drug-likeness (QED) is 0.659. The van der Waals surface area contributed by atoms with Crippen LogP contribution < -0.4 is 15.1 Å². The highest BCUT2D eigenvalue weighted by molar-refractivity contribution is 6.07. The molecular formula is C23H24FN5O2. The Morgan fingerprint density at radius 1 is 1.16 bits per heavy atom. The molecule has 160 valence electrons. The van der Waals surface area contributed by atoms with Crippen LogP contribution in [0.15, 0.2) is 42.5 Å². The van der Waals surface area contributed by atoms with E-state index in [-0.39, 0.29) is 25.0 Å². The van der Waals surface area contributed by atoms with E-state index in [1.165, 1.54) is 12.1 Å². The van der Waals surface area contributed by atoms with Crippen LogP contribution in [-0.2, 0) is 0 Å². The second kappa shape index (κ2) is 8.31. The summed E-state index contributed by atoms with van der Waals surface area (Å²) in [6.45, 7) is 4.31. The van der Waals surface area contributed by atoms with Crippen LogP contribution in [0.5, 0.6) is 0 Å². The number of fused-ring (bicyclic) bond motifs is 1. The number of amides is 1. The molecule has 1 aromatic heterocycles. The zero-order valence-electron chi connectivity index (χ0n) is 17.7. The molecule has 1 amide bonds. The maximum absolute atomic E-state index is 13.8. The van der Waals surface area contributed by atoms with Gasteiger partial charge in [0.2, 0.25) is 5.95 Å². The summed E-state index contributed by atoms with van der Waals surface area (Å²) in [6.07, 6.45) is 0. The molecule has 3 aromatic rings. The molecule has 0 radical (unpaired) electrons. The first-order valence-corrected chi connectivity index (χ1v) is 10.0. The molecule has 0 fully saturated rings. The fourth-order valence-corrected chi connectivity index (χ4v) is 3.73. The predicted molar refractivity (Wildman–Crippen MR) is 118 cm³/mol. The van der Waals surface area contributed by atoms with Gasteiger partial charge in [0, 0.05) is 24.8 Å². The van der Waals surface area contributed by atoms with Crippen molar-refractivity contribution in [3.63, 3.8) is 0 Å². The average Bonchev–Trinajstić information content (AvgIpc) is 2.74. The van der Waals surface area contributed by atoms with Gasteiger partial charge in [0.05, 0.1) is 19.0 Å². The van der Waals surface area contributed by atoms with Crippen LogP contribution in [0.25, 0.3) is 11.3 Å². The van der Waals surface area contributed by atoms with Crippen molar-refractivity contribution < 1.29 is 14.3 Å². The number of nitrogens with zero attached hydrogens (tertiary/aromatic N) is 4. The van der Waals surface area contributed by atoms with Gasteiger partial charge in [0.25, 0.3) is 5.91 Å². The zero-order chi connectivity index (χ0) is 22.1. The van der Waals surface area contributed by atoms with Crippen molar-refractivity contribution in [2.24, 2.45) is 0 Å². The second-order valence-corrected chi connectivity index (χ2v) is 7.55. The number of aliphatic hydroxyl groups excluding tert-OH is 1. The van der Waals surface area contributed by atoms with E-state index in [0.29, 0.717) is 40.7 Å². The Balaban J connectivity index is 2.00. The fraction of sp³-hybridized carbons (Fsp3) is 0.261. The molecule has 0 spiro atoms. The van der Waals surface area contributed by atoms with E-state index in [1.54, 1.807) is 24.9 Å². The third-order valence-corrected chi connectivity index (χ3v) is 5.39. The third kappa shape index (κ3) is 3.82. The van der Waals surface area contributed by atoms with Crippen molar-refractivity contribution in [2.75, 3.05) is 36.7 Å². The fourth-order valence-electron chi connectivity index (χ4n) is 3.73. The van der Waals surface area contributed by atoms with Crippen molar-refractivity contribution in [1.82, 2.24) is 15.3 Å². The molecule has 0 unspecified atom stereocenters. The number of likely N-dealkylation sites (N-methyl/N-ethyl adjacent to an activating group) is 1. The average molecular weight is 421 g/mol. The Labute approximate surface area is 180 Å². The number of carbonyl (C=O) groups is 1. The number of hydrogen-bond acceptors (Lipinski definition) is 6. The van der Waals surface area contributed by atoms with E-state index in [4.69, 9.17) is 4.98 Å². The Morgan fingerprint density at radius 3 is 2.65 bits per heavy atom. The molecule has 1 aliphatic heterocycles. The summed E-state index contributed by atoms with van der Waals surface area (Å²) >= 11 is 0. The van der Waals surface area contributed by atoms with Crippen LogP contribution in [0.3, 0.4) is 0 Å². The van der Waals surface area contributed by atoms with Crippen LogP contribution in [0.2, 0.25) is 0 Å². The van der Waals surface area contributed by atoms with Gasteiger partial charge in [0.15, 0.2) is 5.82 Å². The minimum absolute atomic E-state index is 0.0656. The van der Waals surface area contributed by atoms with Crippen LogP contribution in [0.4, 0.5) is 21.8 Å². The Hall–Kier alpha value is -3.52. The molecule has 1 aliphatic rings. The van der Waals surface area contributed by atoms with Crippen molar-refractivity contribution in [3.8, 4) is 11.3 Å². The Bertz CT molecular complexity index is 1150. The van der Waals surface area contributed by atoms with Crippen LogP contribution >= 0.6 is 0 Å². The highest BCUT2D eigenvalue weighted by Gasteiger charge is 2.32. The third-order valence-electron chi connectivity index (χ3n) is 5.39. The van der Waals surface area contributed by atoms with Crippen LogP contribution in [0, 0.1) is 19.7 Å². The predicted octanol–water partition coefficient (Wildman–Crippen LogP) is 3.17. The van der Waals surface area contributed by atoms with Gasteiger partial charge in [-0.05, 0) is 49.2 Å². The highest BCUT2D eigenvalue weighted by atomic mass is 19.1. The molecule has 31 heavy (non-hydrogen) atoms. The Kier molecular flexibility index (Phi) is 5.56. The van der Waals surface area contributed by atoms with E-state index in [9.17, 15) is 14.3 Å². The number of nitrogens with one attached hydrogen (secondary N) is 1. The first-order valence-electron chi connectivity index (χ1n) is 10.0. The highest BCUT2D eigenvalue weighted by Crippen LogP contribution is 2.38. The SMILES string of the molecule is Cc1cc(F)ccc1-c1nc(N(C)CCO)nc2c1C(=O)NCN2c1ccccc1C. The van der Waals surface area contributed by atoms with Gasteiger partial charge in [-0.25, -0.2) is 9.37 Å². The lowest BCUT2D eigenvalue weighted by Gasteiger charge is -2.33. The normalized spacial score (nSPS) is 13.1. The van der Waals surface area contributed by atoms with E-state index < -0.39 is 0 Å². The Morgan fingerprint density at radius 2 is 1.94 bits per heavy atom. The number of benzene rings is 2. The molecule has 2 aromatic carbocycles. The number of anilines is 3. The minimum atomic E-state index is -0.354. The van der Waals surface area contributed by atoms with E-state index in [0.717, 1.165) is 11.3 Å². The van der Waals surface area contributed by atoms with Gasteiger partial charge in [-0.1, -0.05) is 18.2 Å². The van der Waals surface area contributed by atoms with Crippen LogP contribution in [-0.4, -0.2) is 47.8 Å². The molecule has 2 N–H and O–H groups in total. The second-order valence-electron chi connectivity index (χ2n) is 7.55. The lowest BCUT2D eigenvalue weighted by molar-refractivity contribution is 0.0949. The summed E-state index contributed by atoms with van der Waals surface area (Å²) < 4.78 is 13.8. The molecule has 0 atom stereocenters. The van der Waals surface area contributed by atoms with Crippen molar-refractivity contribution in [1.29, 1.82) is 0 Å². The summed E-state index contributed by atoms with van der Waals surface area (Å²) in [5, 5.41) is 12.3. The molecule has 8 heteroatoms. The standard InChI is InChI=1S/C23H24FN5O2/c1-14-6-4-5-7-18(14)29-13-25-22(31)19-20(17-9-8-16(24)12-15(17)2)26-23(27-21(19)29)28(3)10-11-30/h4-9,12,30H,10-11,13H2,1-3H3,(H,25,31). The molecule has 2 heterocycles. The summed E-state index contributed by atoms with van der Waals surface area (Å²) in [7, 11) is 1.78. The van der Waals surface area contributed by atoms with Gasteiger partial charge in [-0.2, -0.15) is 4.98 Å². The maximum Gasteiger partial charge on any atom is 0.258 e. The number of hydrogen-bond donors (Lipinski definition) is 2. The first kappa shape index (κ1) is 20.7. The molecular weight excluding hydrogens is 397 g/mol. The van der Waals surface area contributed by atoms with Crippen molar-refractivity contribution >= 4 is 23.4 Å². The molecule has 0 saturated carbocycles. The summed E-state index contributed by atoms with van der Waals surface area (Å²) in [6, 6.07) is 12.3. The monoisotopic (exact) mass is 421 g/mol. The molecule has 7 nitrogen and oxygen atoms in total. The van der Waals surface area contributed by atoms with Gasteiger partial charge >= 0.3 is 0 Å². The maximum atomic E-state index is 13.8. The van der Waals surface area contributed by atoms with Gasteiger partial charge in [-0.3, -0.25) is 4.79 Å². The van der Waals surface area contributed by atoms with Crippen molar-refractivity contribution in [2.45, 2.75) is 13.8 Å². The topological polar surface area (TPSA) is 81.6 Å². The lowest BCUT2D eigenvalue weighted by atomic mass is 9.99. The van der Waals surface area contributed by atoms with Gasteiger partial charge in [0.1, 0.15) is 11.4 Å². The summed E-state index contributed by atoms with van der Waals surface area (Å²) in [5.74, 6) is 0.217. The number of halogens is 1. The summed E-state index contributed by atoms with van der Waals surface area (Å²) in [4.78, 5) is 26.0. The summed E-state index contributed by atoms with van der Waals surface area (Å²) in [5.41, 5.74) is 4.04. The first-order chi connectivity index (χ1) is 14.9. The van der Waals surface area contributed by atoms with Gasteiger partial charge < -0.3 is 20.2 Å². The number of rotatable bonds is 5. The zero-order valence-corrected chi connectivity index (χ0v) is 17.7. The number of aryl methyl sites for hydroxylation is 2. The minimum Gasteiger partial charge on any atom is -0.395 e. The van der Waals surface area contributed by atoms with E-state index >= 15 is 0 Å². The molecule has 0 bridgehead atoms. The van der Waals surface area contributed by atoms with Crippen LogP contribution in [0.1, 0.15) is 21.5 Å². The number of aliphatic hydroxyl groups is 1. The largest absolute Gasteiger partial charge is 0.395 e. The van der Waals surface area contributed by atoms with Crippen molar-refractivity contribution in [3.05, 3.63) is 65.0 Å². The lowest BCUT2D eigenvalue weighted by Crippen LogP contribution is -2.42. The number of carbonyl (C=O) groups excluding carboxylic acids is 1. The van der Waals surface area contributed by atoms with E-state index in [1.807, 2.05) is 36.1 Å². The smallest absolute Gasteiger partial charge is 0.258 e. The number of aromatic nitrogens is 2. The van der Waals surface area contributed by atoms with Gasteiger partial charge in [-0.15, -0.1) is 0 Å². The molecule has 4 rings (SSSR count).